The summed E-state index contributed by atoms with van der Waals surface area (Å²) in [7, 11) is 0. The average molecular weight is 538 g/mol. The van der Waals surface area contributed by atoms with Crippen molar-refractivity contribution in [2.75, 3.05) is 11.9 Å². The number of benzene rings is 1. The van der Waals surface area contributed by atoms with Crippen LogP contribution in [0.15, 0.2) is 65.3 Å². The van der Waals surface area contributed by atoms with Crippen molar-refractivity contribution < 1.29 is 26.3 Å². The van der Waals surface area contributed by atoms with Gasteiger partial charge in [0.1, 0.15) is 5.84 Å². The molecule has 0 amide bonds. The number of amidine groups is 1. The van der Waals surface area contributed by atoms with Crippen LogP contribution in [0.25, 0.3) is 5.57 Å². The molecule has 0 saturated carbocycles. The van der Waals surface area contributed by atoms with E-state index in [1.165, 1.54) is 24.4 Å². The van der Waals surface area contributed by atoms with Gasteiger partial charge in [0.15, 0.2) is 0 Å². The Labute approximate surface area is 216 Å². The summed E-state index contributed by atoms with van der Waals surface area (Å²) in [4.78, 5) is 8.83. The Hall–Kier alpha value is -3.18. The summed E-state index contributed by atoms with van der Waals surface area (Å²) in [5.41, 5.74) is 4.92. The third kappa shape index (κ3) is 6.27. The van der Waals surface area contributed by atoms with Crippen molar-refractivity contribution in [1.29, 1.82) is 0 Å². The minimum absolute atomic E-state index is 0.0443. The molecule has 11 heteroatoms. The topological polar surface area (TPSA) is 75.3 Å². The first-order chi connectivity index (χ1) is 17.8. The number of aliphatic imine (C=N–C) groups is 1. The number of nitrogens with two attached hydrogens (primary N) is 1. The van der Waals surface area contributed by atoms with Crippen LogP contribution >= 0.6 is 0 Å². The Morgan fingerprint density at radius 3 is 2.39 bits per heavy atom. The zero-order valence-corrected chi connectivity index (χ0v) is 20.9. The highest BCUT2D eigenvalue weighted by atomic mass is 19.4. The fourth-order valence-electron chi connectivity index (χ4n) is 4.79. The van der Waals surface area contributed by atoms with Crippen LogP contribution in [0.5, 0.6) is 0 Å². The average Bonchev–Trinajstić information content (AvgIpc) is 3.38. The van der Waals surface area contributed by atoms with E-state index in [2.05, 4.69) is 15.6 Å². The molecule has 2 unspecified atom stereocenters. The molecule has 38 heavy (non-hydrogen) atoms. The first kappa shape index (κ1) is 27.8. The van der Waals surface area contributed by atoms with Crippen LogP contribution in [0.1, 0.15) is 49.9 Å². The van der Waals surface area contributed by atoms with E-state index in [0.717, 1.165) is 37.6 Å². The number of alkyl halides is 6. The summed E-state index contributed by atoms with van der Waals surface area (Å²) in [6.45, 7) is 4.48. The number of rotatable bonds is 5. The molecule has 1 saturated heterocycles. The normalized spacial score (nSPS) is 23.6. The highest BCUT2D eigenvalue weighted by Gasteiger charge is 2.38. The van der Waals surface area contributed by atoms with Gasteiger partial charge in [-0.15, -0.1) is 0 Å². The maximum Gasteiger partial charge on any atom is 0.418 e. The Bertz CT molecular complexity index is 1240. The number of aromatic nitrogens is 1. The fraction of sp³-hybridized carbons (Fsp3) is 0.407. The summed E-state index contributed by atoms with van der Waals surface area (Å²) in [5, 5.41) is 6.49. The zero-order chi connectivity index (χ0) is 27.7. The lowest BCUT2D eigenvalue weighted by Gasteiger charge is -2.34. The molecule has 4 rings (SSSR count). The van der Waals surface area contributed by atoms with Crippen molar-refractivity contribution in [2.45, 2.75) is 63.1 Å². The van der Waals surface area contributed by atoms with E-state index in [1.54, 1.807) is 19.1 Å². The molecule has 1 fully saturated rings. The molecule has 1 aliphatic heterocycles. The lowest BCUT2D eigenvalue weighted by Crippen LogP contribution is -2.45. The molecule has 1 aromatic heterocycles. The maximum absolute atomic E-state index is 13.6. The van der Waals surface area contributed by atoms with Crippen molar-refractivity contribution >= 4 is 17.1 Å². The first-order valence-electron chi connectivity index (χ1n) is 12.2. The van der Waals surface area contributed by atoms with E-state index in [4.69, 9.17) is 10.7 Å². The molecule has 2 aromatic rings. The highest BCUT2D eigenvalue weighted by molar-refractivity contribution is 6.10. The van der Waals surface area contributed by atoms with Crippen molar-refractivity contribution in [3.8, 4) is 0 Å². The van der Waals surface area contributed by atoms with Crippen molar-refractivity contribution in [3.63, 3.8) is 0 Å². The summed E-state index contributed by atoms with van der Waals surface area (Å²) in [6.07, 6.45) is -2.64. The molecule has 0 spiro atoms. The van der Waals surface area contributed by atoms with Gasteiger partial charge in [-0.2, -0.15) is 26.3 Å². The number of anilines is 1. The quantitative estimate of drug-likeness (QED) is 0.241. The van der Waals surface area contributed by atoms with Crippen LogP contribution in [-0.4, -0.2) is 35.0 Å². The minimum atomic E-state index is -4.58. The van der Waals surface area contributed by atoms with E-state index in [1.807, 2.05) is 6.92 Å². The minimum Gasteiger partial charge on any atom is -0.340 e. The van der Waals surface area contributed by atoms with Gasteiger partial charge in [0.25, 0.3) is 0 Å². The first-order valence-corrected chi connectivity index (χ1v) is 12.2. The molecule has 2 aliphatic rings. The van der Waals surface area contributed by atoms with Gasteiger partial charge in [-0.05, 0) is 81.6 Å². The van der Waals surface area contributed by atoms with Gasteiger partial charge in [-0.3, -0.25) is 9.98 Å². The molecule has 3 atom stereocenters. The van der Waals surface area contributed by atoms with E-state index < -0.39 is 29.0 Å². The van der Waals surface area contributed by atoms with Crippen molar-refractivity contribution in [3.05, 3.63) is 77.1 Å². The molecule has 1 aromatic carbocycles. The maximum atomic E-state index is 13.6. The molecule has 1 aliphatic carbocycles. The fourth-order valence-corrected chi connectivity index (χ4v) is 4.79. The van der Waals surface area contributed by atoms with Crippen LogP contribution in [0.3, 0.4) is 0 Å². The van der Waals surface area contributed by atoms with E-state index in [9.17, 15) is 26.3 Å². The second-order valence-electron chi connectivity index (χ2n) is 9.89. The summed E-state index contributed by atoms with van der Waals surface area (Å²) in [5.74, 6) is 0.350. The number of hydrogen-bond acceptors (Lipinski definition) is 4. The van der Waals surface area contributed by atoms with Crippen LogP contribution in [0, 0.1) is 0 Å². The van der Waals surface area contributed by atoms with Crippen molar-refractivity contribution in [1.82, 2.24) is 10.3 Å². The Kier molecular flexibility index (Phi) is 7.72. The summed E-state index contributed by atoms with van der Waals surface area (Å²) in [6, 6.07) is 6.68. The number of nitrogens with zero attached hydrogens (tertiary/aromatic N) is 2. The standard InChI is InChI=1S/C27H29F6N5/c1-16(22-6-4-13-35-22)37-24(38-19-10-8-18(9-11-19)26(28,29)30)21-12-7-17(15-25(21,2)34)23-20(27(31,32)33)5-3-14-36-23/h3,5,7-12,14,16,22,35H,4,6,13,15,34H2,1-2H3,(H,37,38)/t16?,22-,25?/m0/s1. The molecular weight excluding hydrogens is 508 g/mol. The van der Waals surface area contributed by atoms with Gasteiger partial charge < -0.3 is 16.4 Å². The van der Waals surface area contributed by atoms with Crippen LogP contribution in [0.2, 0.25) is 0 Å². The molecule has 5 nitrogen and oxygen atoms in total. The Balaban J connectivity index is 1.73. The molecule has 2 heterocycles. The van der Waals surface area contributed by atoms with Crippen LogP contribution in [-0.2, 0) is 12.4 Å². The highest BCUT2D eigenvalue weighted by Crippen LogP contribution is 2.39. The Morgan fingerprint density at radius 1 is 1.11 bits per heavy atom. The predicted octanol–water partition coefficient (Wildman–Crippen LogP) is 6.20. The summed E-state index contributed by atoms with van der Waals surface area (Å²) < 4.78 is 80.0. The number of halogens is 6. The molecule has 204 valence electrons. The largest absolute Gasteiger partial charge is 0.418 e. The second-order valence-corrected chi connectivity index (χ2v) is 9.89. The third-order valence-electron chi connectivity index (χ3n) is 6.78. The van der Waals surface area contributed by atoms with Crippen LogP contribution in [0.4, 0.5) is 32.0 Å². The number of allylic oxidation sites excluding steroid dienone is 2. The number of pyridine rings is 1. The Morgan fingerprint density at radius 2 is 1.82 bits per heavy atom. The van der Waals surface area contributed by atoms with Crippen LogP contribution < -0.4 is 16.4 Å². The third-order valence-corrected chi connectivity index (χ3v) is 6.78. The molecule has 4 N–H and O–H groups in total. The van der Waals surface area contributed by atoms with E-state index >= 15 is 0 Å². The monoisotopic (exact) mass is 537 g/mol. The second kappa shape index (κ2) is 10.5. The lowest BCUT2D eigenvalue weighted by atomic mass is 9.79. The number of nitrogens with one attached hydrogen (secondary N) is 2. The SMILES string of the molecule is CC(N=C(Nc1ccc(C(F)(F)F)cc1)C1=CC=C(c2ncccc2C(F)(F)F)CC1(C)N)[C@@H]1CCCN1. The van der Waals surface area contributed by atoms with Gasteiger partial charge >= 0.3 is 12.4 Å². The van der Waals surface area contributed by atoms with E-state index in [0.29, 0.717) is 22.7 Å². The number of hydrogen-bond donors (Lipinski definition) is 3. The van der Waals surface area contributed by atoms with Gasteiger partial charge in [0.05, 0.1) is 22.9 Å². The molecule has 0 bridgehead atoms. The lowest BCUT2D eigenvalue weighted by molar-refractivity contribution is -0.138. The predicted molar refractivity (Wildman–Crippen MR) is 135 cm³/mol. The summed E-state index contributed by atoms with van der Waals surface area (Å²) >= 11 is 0. The van der Waals surface area contributed by atoms with Gasteiger partial charge in [0.2, 0.25) is 0 Å². The van der Waals surface area contributed by atoms with Gasteiger partial charge in [0, 0.05) is 29.0 Å². The van der Waals surface area contributed by atoms with Gasteiger partial charge in [-0.25, -0.2) is 0 Å². The molecule has 0 radical (unpaired) electrons. The zero-order valence-electron chi connectivity index (χ0n) is 20.9. The van der Waals surface area contributed by atoms with E-state index in [-0.39, 0.29) is 24.2 Å². The van der Waals surface area contributed by atoms with Crippen molar-refractivity contribution in [2.24, 2.45) is 10.7 Å². The van der Waals surface area contributed by atoms with Gasteiger partial charge in [-0.1, -0.05) is 12.2 Å². The molecular formula is C27H29F6N5. The smallest absolute Gasteiger partial charge is 0.340 e.